The van der Waals surface area contributed by atoms with Crippen LogP contribution in [0.3, 0.4) is 0 Å². The highest BCUT2D eigenvalue weighted by Crippen LogP contribution is 2.23. The van der Waals surface area contributed by atoms with E-state index in [2.05, 4.69) is 10.1 Å². The predicted octanol–water partition coefficient (Wildman–Crippen LogP) is 4.82. The standard InChI is InChI=1S/C15H10Cl2F3NO2/c16-10-3-6-13(17)12(7-10)14(22)21-8-9-1-4-11(5-2-9)23-15(18,19)20/h1-7H,8H2,(H,21,22). The Labute approximate surface area is 140 Å². The van der Waals surface area contributed by atoms with Gasteiger partial charge in [-0.15, -0.1) is 13.2 Å². The first-order chi connectivity index (χ1) is 10.7. The molecule has 0 radical (unpaired) electrons. The third kappa shape index (κ3) is 5.33. The van der Waals surface area contributed by atoms with Crippen molar-refractivity contribution in [3.05, 3.63) is 63.6 Å². The smallest absolute Gasteiger partial charge is 0.406 e. The molecule has 3 nitrogen and oxygen atoms in total. The van der Waals surface area contributed by atoms with Gasteiger partial charge in [0.1, 0.15) is 5.75 Å². The summed E-state index contributed by atoms with van der Waals surface area (Å²) in [6.07, 6.45) is -4.74. The van der Waals surface area contributed by atoms with Gasteiger partial charge >= 0.3 is 6.36 Å². The Hall–Kier alpha value is -1.92. The second-order valence-corrected chi connectivity index (χ2v) is 5.34. The number of rotatable bonds is 4. The minimum absolute atomic E-state index is 0.119. The zero-order valence-corrected chi connectivity index (χ0v) is 13.0. The minimum atomic E-state index is -4.74. The molecule has 0 heterocycles. The number of benzene rings is 2. The highest BCUT2D eigenvalue weighted by atomic mass is 35.5. The molecule has 0 saturated carbocycles. The van der Waals surface area contributed by atoms with Gasteiger partial charge in [0.2, 0.25) is 0 Å². The molecule has 0 aromatic heterocycles. The molecule has 0 aliphatic carbocycles. The molecule has 0 fully saturated rings. The molecule has 0 aliphatic heterocycles. The molecule has 0 bridgehead atoms. The van der Waals surface area contributed by atoms with Gasteiger partial charge in [-0.2, -0.15) is 0 Å². The van der Waals surface area contributed by atoms with Crippen LogP contribution in [0.1, 0.15) is 15.9 Å². The summed E-state index contributed by atoms with van der Waals surface area (Å²) in [5.41, 5.74) is 0.821. The molecule has 1 N–H and O–H groups in total. The monoisotopic (exact) mass is 363 g/mol. The summed E-state index contributed by atoms with van der Waals surface area (Å²) in [5, 5.41) is 3.23. The fraction of sp³-hybridized carbons (Fsp3) is 0.133. The number of hydrogen-bond acceptors (Lipinski definition) is 2. The zero-order chi connectivity index (χ0) is 17.0. The van der Waals surface area contributed by atoms with E-state index in [4.69, 9.17) is 23.2 Å². The van der Waals surface area contributed by atoms with Crippen molar-refractivity contribution in [3.63, 3.8) is 0 Å². The number of ether oxygens (including phenoxy) is 1. The summed E-state index contributed by atoms with van der Waals surface area (Å²) in [6.45, 7) is 0.119. The van der Waals surface area contributed by atoms with E-state index in [1.165, 1.54) is 36.4 Å². The first-order valence-electron chi connectivity index (χ1n) is 6.32. The van der Waals surface area contributed by atoms with Crippen molar-refractivity contribution < 1.29 is 22.7 Å². The molecular formula is C15H10Cl2F3NO2. The second-order valence-electron chi connectivity index (χ2n) is 4.50. The van der Waals surface area contributed by atoms with E-state index in [-0.39, 0.29) is 22.9 Å². The topological polar surface area (TPSA) is 38.3 Å². The fourth-order valence-corrected chi connectivity index (χ4v) is 2.13. The maximum absolute atomic E-state index is 12.1. The highest BCUT2D eigenvalue weighted by molar-refractivity contribution is 6.35. The van der Waals surface area contributed by atoms with Gasteiger partial charge < -0.3 is 10.1 Å². The van der Waals surface area contributed by atoms with E-state index >= 15 is 0 Å². The lowest BCUT2D eigenvalue weighted by molar-refractivity contribution is -0.274. The number of carbonyl (C=O) groups is 1. The fourth-order valence-electron chi connectivity index (χ4n) is 1.76. The number of nitrogens with one attached hydrogen (secondary N) is 1. The Morgan fingerprint density at radius 1 is 1.09 bits per heavy atom. The van der Waals surface area contributed by atoms with Crippen LogP contribution in [0, 0.1) is 0 Å². The van der Waals surface area contributed by atoms with E-state index in [9.17, 15) is 18.0 Å². The van der Waals surface area contributed by atoms with Gasteiger partial charge in [-0.05, 0) is 35.9 Å². The van der Waals surface area contributed by atoms with Gasteiger partial charge in [0.15, 0.2) is 0 Å². The second kappa shape index (κ2) is 7.10. The molecule has 0 aliphatic rings. The van der Waals surface area contributed by atoms with Crippen LogP contribution in [0.4, 0.5) is 13.2 Å². The Morgan fingerprint density at radius 2 is 1.74 bits per heavy atom. The zero-order valence-electron chi connectivity index (χ0n) is 11.5. The third-order valence-corrected chi connectivity index (χ3v) is 3.35. The maximum Gasteiger partial charge on any atom is 0.573 e. The molecule has 2 aromatic carbocycles. The average Bonchev–Trinajstić information content (AvgIpc) is 2.47. The molecule has 23 heavy (non-hydrogen) atoms. The van der Waals surface area contributed by atoms with Crippen LogP contribution < -0.4 is 10.1 Å². The van der Waals surface area contributed by atoms with Crippen molar-refractivity contribution >= 4 is 29.1 Å². The van der Waals surface area contributed by atoms with E-state index in [0.29, 0.717) is 10.6 Å². The summed E-state index contributed by atoms with van der Waals surface area (Å²) in [7, 11) is 0. The van der Waals surface area contributed by atoms with Crippen LogP contribution in [-0.4, -0.2) is 12.3 Å². The van der Waals surface area contributed by atoms with Crippen molar-refractivity contribution in [2.45, 2.75) is 12.9 Å². The van der Waals surface area contributed by atoms with Crippen LogP contribution in [-0.2, 0) is 6.54 Å². The number of carbonyl (C=O) groups excluding carboxylic acids is 1. The quantitative estimate of drug-likeness (QED) is 0.845. The molecule has 1 amide bonds. The molecular weight excluding hydrogens is 354 g/mol. The Balaban J connectivity index is 1.98. The normalized spacial score (nSPS) is 11.2. The van der Waals surface area contributed by atoms with Crippen LogP contribution in [0.5, 0.6) is 5.75 Å². The Bertz CT molecular complexity index is 703. The van der Waals surface area contributed by atoms with E-state index < -0.39 is 12.3 Å². The van der Waals surface area contributed by atoms with Crippen molar-refractivity contribution in [1.29, 1.82) is 0 Å². The lowest BCUT2D eigenvalue weighted by Gasteiger charge is -2.10. The molecule has 8 heteroatoms. The van der Waals surface area contributed by atoms with E-state index in [0.717, 1.165) is 0 Å². The predicted molar refractivity (Wildman–Crippen MR) is 80.8 cm³/mol. The summed E-state index contributed by atoms with van der Waals surface area (Å²) >= 11 is 11.7. The van der Waals surface area contributed by atoms with Gasteiger partial charge in [0.05, 0.1) is 10.6 Å². The van der Waals surface area contributed by atoms with E-state index in [1.807, 2.05) is 0 Å². The van der Waals surface area contributed by atoms with Gasteiger partial charge in [-0.25, -0.2) is 0 Å². The largest absolute Gasteiger partial charge is 0.573 e. The van der Waals surface area contributed by atoms with Gasteiger partial charge in [0, 0.05) is 11.6 Å². The van der Waals surface area contributed by atoms with Crippen molar-refractivity contribution in [1.82, 2.24) is 5.32 Å². The first-order valence-corrected chi connectivity index (χ1v) is 7.08. The summed E-state index contributed by atoms with van der Waals surface area (Å²) in [4.78, 5) is 12.0. The van der Waals surface area contributed by atoms with Crippen LogP contribution in [0.25, 0.3) is 0 Å². The molecule has 0 saturated heterocycles. The molecule has 2 aromatic rings. The van der Waals surface area contributed by atoms with E-state index in [1.54, 1.807) is 6.07 Å². The van der Waals surface area contributed by atoms with Crippen LogP contribution >= 0.6 is 23.2 Å². The first kappa shape index (κ1) is 17.4. The summed E-state index contributed by atoms with van der Waals surface area (Å²) < 4.78 is 39.9. The lowest BCUT2D eigenvalue weighted by Crippen LogP contribution is -2.23. The van der Waals surface area contributed by atoms with Crippen LogP contribution in [0.15, 0.2) is 42.5 Å². The summed E-state index contributed by atoms with van der Waals surface area (Å²) in [5.74, 6) is -0.765. The molecule has 122 valence electrons. The van der Waals surface area contributed by atoms with Crippen LogP contribution in [0.2, 0.25) is 10.0 Å². The Kier molecular flexibility index (Phi) is 5.38. The lowest BCUT2D eigenvalue weighted by atomic mass is 10.2. The minimum Gasteiger partial charge on any atom is -0.406 e. The number of hydrogen-bond donors (Lipinski definition) is 1. The average molecular weight is 364 g/mol. The number of halogens is 5. The third-order valence-electron chi connectivity index (χ3n) is 2.78. The SMILES string of the molecule is O=C(NCc1ccc(OC(F)(F)F)cc1)c1cc(Cl)ccc1Cl. The van der Waals surface area contributed by atoms with Gasteiger partial charge in [-0.3, -0.25) is 4.79 Å². The maximum atomic E-state index is 12.1. The Morgan fingerprint density at radius 3 is 2.35 bits per heavy atom. The summed E-state index contributed by atoms with van der Waals surface area (Å²) in [6, 6.07) is 9.66. The van der Waals surface area contributed by atoms with Crippen molar-refractivity contribution in [2.75, 3.05) is 0 Å². The number of amides is 1. The molecule has 0 unspecified atom stereocenters. The highest BCUT2D eigenvalue weighted by Gasteiger charge is 2.30. The number of alkyl halides is 3. The van der Waals surface area contributed by atoms with Gasteiger partial charge in [0.25, 0.3) is 5.91 Å². The van der Waals surface area contributed by atoms with Gasteiger partial charge in [-0.1, -0.05) is 35.3 Å². The molecule has 0 spiro atoms. The van der Waals surface area contributed by atoms with Crippen molar-refractivity contribution in [3.8, 4) is 5.75 Å². The van der Waals surface area contributed by atoms with Crippen molar-refractivity contribution in [2.24, 2.45) is 0 Å². The molecule has 0 atom stereocenters. The molecule has 2 rings (SSSR count).